The normalized spacial score (nSPS) is 10.3. The van der Waals surface area contributed by atoms with Crippen molar-refractivity contribution in [3.8, 4) is 5.75 Å². The zero-order chi connectivity index (χ0) is 17.5. The molecule has 0 unspecified atom stereocenters. The number of hydrogen-bond acceptors (Lipinski definition) is 3. The second-order valence-electron chi connectivity index (χ2n) is 4.64. The highest BCUT2D eigenvalue weighted by Gasteiger charge is 2.09. The van der Waals surface area contributed by atoms with Gasteiger partial charge in [0, 0.05) is 16.3 Å². The number of halogens is 3. The number of carbonyl (C=O) groups is 2. The average Bonchev–Trinajstić information content (AvgIpc) is 2.54. The van der Waals surface area contributed by atoms with E-state index in [2.05, 4.69) is 15.4 Å². The number of carbonyl (C=O) groups excluding carboxylic acids is 2. The minimum absolute atomic E-state index is 0.0148. The van der Waals surface area contributed by atoms with Gasteiger partial charge in [0.25, 0.3) is 5.91 Å². The van der Waals surface area contributed by atoms with Gasteiger partial charge in [0.05, 0.1) is 6.54 Å². The molecule has 0 saturated heterocycles. The third-order valence-electron chi connectivity index (χ3n) is 2.88. The van der Waals surface area contributed by atoms with Crippen molar-refractivity contribution in [3.05, 3.63) is 59.1 Å². The van der Waals surface area contributed by atoms with Crippen molar-refractivity contribution in [2.45, 2.75) is 6.61 Å². The second kappa shape index (κ2) is 8.26. The van der Waals surface area contributed by atoms with Crippen LogP contribution >= 0.6 is 11.6 Å². The first-order valence-corrected chi connectivity index (χ1v) is 7.20. The van der Waals surface area contributed by atoms with Crippen LogP contribution in [0, 0.1) is 0 Å². The molecular formula is C16H13ClF2N2O3. The highest BCUT2D eigenvalue weighted by molar-refractivity contribution is 6.30. The summed E-state index contributed by atoms with van der Waals surface area (Å²) in [5, 5.41) is 5.48. The molecule has 2 rings (SSSR count). The molecule has 0 radical (unpaired) electrons. The number of nitrogens with one attached hydrogen (secondary N) is 2. The van der Waals surface area contributed by atoms with E-state index >= 15 is 0 Å². The molecule has 2 amide bonds. The van der Waals surface area contributed by atoms with E-state index in [-0.39, 0.29) is 12.3 Å². The van der Waals surface area contributed by atoms with Crippen LogP contribution in [-0.2, 0) is 4.79 Å². The van der Waals surface area contributed by atoms with Crippen LogP contribution in [0.3, 0.4) is 0 Å². The van der Waals surface area contributed by atoms with Crippen LogP contribution in [-0.4, -0.2) is 25.0 Å². The lowest BCUT2D eigenvalue weighted by Gasteiger charge is -2.08. The fraction of sp³-hybridized carbons (Fsp3) is 0.125. The average molecular weight is 355 g/mol. The van der Waals surface area contributed by atoms with Gasteiger partial charge < -0.3 is 15.4 Å². The molecule has 5 nitrogen and oxygen atoms in total. The monoisotopic (exact) mass is 354 g/mol. The molecule has 0 atom stereocenters. The van der Waals surface area contributed by atoms with E-state index in [1.165, 1.54) is 36.4 Å². The zero-order valence-electron chi connectivity index (χ0n) is 12.3. The first-order valence-electron chi connectivity index (χ1n) is 6.82. The van der Waals surface area contributed by atoms with Crippen molar-refractivity contribution in [3.63, 3.8) is 0 Å². The lowest BCUT2D eigenvalue weighted by molar-refractivity contribution is -0.115. The predicted octanol–water partition coefficient (Wildman–Crippen LogP) is 3.31. The summed E-state index contributed by atoms with van der Waals surface area (Å²) in [6.45, 7) is -3.15. The Labute approximate surface area is 141 Å². The number of alkyl halides is 2. The molecule has 2 aromatic rings. The maximum atomic E-state index is 12.0. The molecule has 0 heterocycles. The highest BCUT2D eigenvalue weighted by Crippen LogP contribution is 2.17. The molecule has 0 aliphatic rings. The third kappa shape index (κ3) is 5.51. The van der Waals surface area contributed by atoms with Crippen molar-refractivity contribution < 1.29 is 23.1 Å². The van der Waals surface area contributed by atoms with Gasteiger partial charge in [0.15, 0.2) is 0 Å². The molecule has 0 bridgehead atoms. The van der Waals surface area contributed by atoms with E-state index < -0.39 is 18.4 Å². The van der Waals surface area contributed by atoms with E-state index in [4.69, 9.17) is 11.6 Å². The molecule has 0 aliphatic heterocycles. The molecule has 8 heteroatoms. The van der Waals surface area contributed by atoms with Gasteiger partial charge in [-0.05, 0) is 48.5 Å². The van der Waals surface area contributed by atoms with E-state index in [9.17, 15) is 18.4 Å². The number of hydrogen-bond donors (Lipinski definition) is 2. The van der Waals surface area contributed by atoms with Crippen molar-refractivity contribution in [2.75, 3.05) is 11.9 Å². The summed E-state index contributed by atoms with van der Waals surface area (Å²) in [5.74, 6) is -0.888. The zero-order valence-corrected chi connectivity index (χ0v) is 13.0. The van der Waals surface area contributed by atoms with Crippen molar-refractivity contribution in [1.29, 1.82) is 0 Å². The highest BCUT2D eigenvalue weighted by atomic mass is 35.5. The quantitative estimate of drug-likeness (QED) is 0.836. The molecule has 0 fully saturated rings. The van der Waals surface area contributed by atoms with Gasteiger partial charge in [-0.1, -0.05) is 11.6 Å². The van der Waals surface area contributed by atoms with E-state index in [1.54, 1.807) is 12.1 Å². The van der Waals surface area contributed by atoms with Gasteiger partial charge in [-0.15, -0.1) is 0 Å². The maximum Gasteiger partial charge on any atom is 0.387 e. The van der Waals surface area contributed by atoms with Gasteiger partial charge in [-0.3, -0.25) is 9.59 Å². The van der Waals surface area contributed by atoms with Crippen LogP contribution in [0.2, 0.25) is 5.02 Å². The second-order valence-corrected chi connectivity index (χ2v) is 5.08. The van der Waals surface area contributed by atoms with E-state index in [0.717, 1.165) is 0 Å². The Bertz CT molecular complexity index is 706. The molecule has 126 valence electrons. The Morgan fingerprint density at radius 1 is 1.04 bits per heavy atom. The first-order chi connectivity index (χ1) is 11.4. The van der Waals surface area contributed by atoms with Gasteiger partial charge in [-0.25, -0.2) is 0 Å². The van der Waals surface area contributed by atoms with Crippen LogP contribution in [0.4, 0.5) is 14.5 Å². The molecular weight excluding hydrogens is 342 g/mol. The molecule has 0 aromatic heterocycles. The summed E-state index contributed by atoms with van der Waals surface area (Å²) >= 11 is 5.73. The minimum atomic E-state index is -2.91. The van der Waals surface area contributed by atoms with Crippen LogP contribution in [0.5, 0.6) is 5.75 Å². The van der Waals surface area contributed by atoms with Gasteiger partial charge in [0.2, 0.25) is 5.91 Å². The van der Waals surface area contributed by atoms with Gasteiger partial charge >= 0.3 is 6.61 Å². The standard InChI is InChI=1S/C16H13ClF2N2O3/c17-11-3-1-10(2-4-11)15(23)20-9-14(22)21-12-5-7-13(8-6-12)24-16(18)19/h1-8,16H,9H2,(H,20,23)(H,21,22). The fourth-order valence-electron chi connectivity index (χ4n) is 1.79. The van der Waals surface area contributed by atoms with Crippen LogP contribution in [0.15, 0.2) is 48.5 Å². The summed E-state index contributed by atoms with van der Waals surface area (Å²) in [6, 6.07) is 11.6. The third-order valence-corrected chi connectivity index (χ3v) is 3.13. The Kier molecular flexibility index (Phi) is 6.08. The number of benzene rings is 2. The van der Waals surface area contributed by atoms with Crippen LogP contribution in [0.25, 0.3) is 0 Å². The largest absolute Gasteiger partial charge is 0.435 e. The molecule has 2 aromatic carbocycles. The van der Waals surface area contributed by atoms with E-state index in [1.807, 2.05) is 0 Å². The Morgan fingerprint density at radius 3 is 2.25 bits per heavy atom. The maximum absolute atomic E-state index is 12.0. The smallest absolute Gasteiger partial charge is 0.387 e. The van der Waals surface area contributed by atoms with Crippen molar-refractivity contribution in [1.82, 2.24) is 5.32 Å². The van der Waals surface area contributed by atoms with Gasteiger partial charge in [-0.2, -0.15) is 8.78 Å². The fourth-order valence-corrected chi connectivity index (χ4v) is 1.91. The van der Waals surface area contributed by atoms with Crippen LogP contribution < -0.4 is 15.4 Å². The number of anilines is 1. The summed E-state index contributed by atoms with van der Waals surface area (Å²) < 4.78 is 28.3. The summed E-state index contributed by atoms with van der Waals surface area (Å²) in [5.41, 5.74) is 0.767. The first kappa shape index (κ1) is 17.7. The number of ether oxygens (including phenoxy) is 1. The number of rotatable bonds is 6. The van der Waals surface area contributed by atoms with Crippen LogP contribution in [0.1, 0.15) is 10.4 Å². The SMILES string of the molecule is O=C(CNC(=O)c1ccc(Cl)cc1)Nc1ccc(OC(F)F)cc1. The molecule has 24 heavy (non-hydrogen) atoms. The van der Waals surface area contributed by atoms with Crippen molar-refractivity contribution >= 4 is 29.1 Å². The minimum Gasteiger partial charge on any atom is -0.435 e. The Morgan fingerprint density at radius 2 is 1.67 bits per heavy atom. The summed E-state index contributed by atoms with van der Waals surface area (Å²) in [7, 11) is 0. The number of amides is 2. The van der Waals surface area contributed by atoms with Gasteiger partial charge in [0.1, 0.15) is 5.75 Å². The molecule has 0 aliphatic carbocycles. The Hall–Kier alpha value is -2.67. The molecule has 2 N–H and O–H groups in total. The van der Waals surface area contributed by atoms with Crippen molar-refractivity contribution in [2.24, 2.45) is 0 Å². The summed E-state index contributed by atoms with van der Waals surface area (Å²) in [6.07, 6.45) is 0. The predicted molar refractivity (Wildman–Crippen MR) is 85.5 cm³/mol. The Balaban J connectivity index is 1.82. The lowest BCUT2D eigenvalue weighted by atomic mass is 10.2. The lowest BCUT2D eigenvalue weighted by Crippen LogP contribution is -2.32. The topological polar surface area (TPSA) is 67.4 Å². The molecule has 0 saturated carbocycles. The molecule has 0 spiro atoms. The van der Waals surface area contributed by atoms with E-state index in [0.29, 0.717) is 16.3 Å². The summed E-state index contributed by atoms with van der Waals surface area (Å²) in [4.78, 5) is 23.6.